The number of rotatable bonds is 44. The van der Waals surface area contributed by atoms with E-state index >= 15 is 0 Å². The minimum Gasteiger partial charge on any atom is -0.462 e. The van der Waals surface area contributed by atoms with Crippen LogP contribution in [-0.4, -0.2) is 142 Å². The molecule has 11 unspecified atom stereocenters. The van der Waals surface area contributed by atoms with Crippen molar-refractivity contribution in [2.75, 3.05) is 26.4 Å². The number of aliphatic hydroxyl groups excluding tert-OH is 7. The normalized spacial score (nSPS) is 25.5. The summed E-state index contributed by atoms with van der Waals surface area (Å²) in [4.78, 5) is 25.8. The average molecular weight is 1000 g/mol. The van der Waals surface area contributed by atoms with Gasteiger partial charge in [0, 0.05) is 12.8 Å². The quantitative estimate of drug-likeness (QED) is 0.0172. The number of carbonyl (C=O) groups excluding carboxylic acids is 2. The number of allylic oxidation sites excluding steroid dienone is 4. The Morgan fingerprint density at radius 1 is 0.443 bits per heavy atom. The van der Waals surface area contributed by atoms with Crippen molar-refractivity contribution in [2.24, 2.45) is 0 Å². The molecule has 0 saturated carbocycles. The van der Waals surface area contributed by atoms with Crippen molar-refractivity contribution in [3.05, 3.63) is 24.3 Å². The lowest BCUT2D eigenvalue weighted by molar-refractivity contribution is -0.332. The molecule has 0 aromatic rings. The first-order valence-electron chi connectivity index (χ1n) is 27.9. The van der Waals surface area contributed by atoms with Gasteiger partial charge in [-0.3, -0.25) is 9.59 Å². The van der Waals surface area contributed by atoms with Crippen LogP contribution in [-0.2, 0) is 38.0 Å². The summed E-state index contributed by atoms with van der Waals surface area (Å²) < 4.78 is 33.6. The van der Waals surface area contributed by atoms with Crippen molar-refractivity contribution in [3.8, 4) is 0 Å². The average Bonchev–Trinajstić information content (AvgIpc) is 3.35. The Morgan fingerprint density at radius 2 is 0.814 bits per heavy atom. The van der Waals surface area contributed by atoms with Gasteiger partial charge in [0.15, 0.2) is 18.7 Å². The SMILES string of the molecule is CCCCCCCCC/C=C\CCCCCCCCCC(=O)OC(COC(=O)CCCCCCC/C=C\CCCCCCCCC)COC1OC(COC2OC(CO)C(O)C(O)C2O)C(O)C(O)C1O. The van der Waals surface area contributed by atoms with Gasteiger partial charge in [-0.25, -0.2) is 0 Å². The summed E-state index contributed by atoms with van der Waals surface area (Å²) in [5.41, 5.74) is 0. The Kier molecular flexibility index (Phi) is 38.8. The van der Waals surface area contributed by atoms with Gasteiger partial charge in [-0.1, -0.05) is 167 Å². The number of esters is 2. The Labute approximate surface area is 422 Å². The second kappa shape index (κ2) is 42.3. The zero-order valence-electron chi connectivity index (χ0n) is 43.5. The summed E-state index contributed by atoms with van der Waals surface area (Å²) in [5, 5.41) is 72.2. The van der Waals surface area contributed by atoms with Crippen LogP contribution in [0.3, 0.4) is 0 Å². The van der Waals surface area contributed by atoms with Gasteiger partial charge in [-0.15, -0.1) is 0 Å². The standard InChI is InChI=1S/C55H100O15/c1-3-5-7-9-11-13-15-17-19-21-22-24-26-28-30-32-34-36-38-47(58)68-43(40-65-46(57)37-35-33-31-29-27-25-23-20-18-16-14-12-10-8-6-4-2)41-66-54-53(64)51(62)49(60)45(70-54)42-67-55-52(63)50(61)48(59)44(39-56)69-55/h19-21,23,43-45,48-56,59-64H,3-18,22,24-42H2,1-2H3/b21-19-,23-20-. The van der Waals surface area contributed by atoms with Gasteiger partial charge >= 0.3 is 11.9 Å². The predicted octanol–water partition coefficient (Wildman–Crippen LogP) is 8.72. The van der Waals surface area contributed by atoms with Crippen LogP contribution in [0, 0.1) is 0 Å². The lowest BCUT2D eigenvalue weighted by atomic mass is 9.98. The minimum absolute atomic E-state index is 0.161. The Bertz CT molecular complexity index is 1310. The molecule has 11 atom stereocenters. The molecule has 0 amide bonds. The Morgan fingerprint density at radius 3 is 1.26 bits per heavy atom. The molecule has 2 fully saturated rings. The third-order valence-electron chi connectivity index (χ3n) is 13.4. The molecule has 0 bridgehead atoms. The highest BCUT2D eigenvalue weighted by Gasteiger charge is 2.47. The second-order valence-corrected chi connectivity index (χ2v) is 19.8. The Hall–Kier alpha value is -2.02. The Balaban J connectivity index is 1.78. The van der Waals surface area contributed by atoms with E-state index in [0.717, 1.165) is 70.6 Å². The fraction of sp³-hybridized carbons (Fsp3) is 0.891. The summed E-state index contributed by atoms with van der Waals surface area (Å²) >= 11 is 0. The van der Waals surface area contributed by atoms with E-state index in [1.54, 1.807) is 0 Å². The van der Waals surface area contributed by atoms with Crippen molar-refractivity contribution >= 4 is 11.9 Å². The largest absolute Gasteiger partial charge is 0.462 e. The topological polar surface area (TPSA) is 231 Å². The van der Waals surface area contributed by atoms with Crippen molar-refractivity contribution in [2.45, 2.75) is 287 Å². The molecule has 0 radical (unpaired) electrons. The summed E-state index contributed by atoms with van der Waals surface area (Å²) in [6.45, 7) is 2.60. The maximum absolute atomic E-state index is 13.0. The molecular weight excluding hydrogens is 901 g/mol. The third kappa shape index (κ3) is 29.6. The molecule has 2 aliphatic heterocycles. The summed E-state index contributed by atoms with van der Waals surface area (Å²) in [6, 6.07) is 0. The maximum atomic E-state index is 13.0. The smallest absolute Gasteiger partial charge is 0.306 e. The van der Waals surface area contributed by atoms with Gasteiger partial charge in [-0.2, -0.15) is 0 Å². The third-order valence-corrected chi connectivity index (χ3v) is 13.4. The summed E-state index contributed by atoms with van der Waals surface area (Å²) in [7, 11) is 0. The summed E-state index contributed by atoms with van der Waals surface area (Å²) in [5.74, 6) is -0.932. The van der Waals surface area contributed by atoms with Gasteiger partial charge < -0.3 is 64.2 Å². The number of hydrogen-bond donors (Lipinski definition) is 7. The molecule has 15 nitrogen and oxygen atoms in total. The monoisotopic (exact) mass is 1000 g/mol. The van der Waals surface area contributed by atoms with E-state index in [0.29, 0.717) is 12.8 Å². The van der Waals surface area contributed by atoms with Crippen LogP contribution in [0.5, 0.6) is 0 Å². The molecule has 0 spiro atoms. The molecule has 70 heavy (non-hydrogen) atoms. The van der Waals surface area contributed by atoms with Gasteiger partial charge in [0.05, 0.1) is 19.8 Å². The van der Waals surface area contributed by atoms with E-state index in [-0.39, 0.29) is 26.1 Å². The van der Waals surface area contributed by atoms with Gasteiger partial charge in [-0.05, 0) is 64.2 Å². The molecular formula is C55H100O15. The van der Waals surface area contributed by atoms with Crippen LogP contribution in [0.15, 0.2) is 24.3 Å². The number of aliphatic hydroxyl groups is 7. The molecule has 2 rings (SSSR count). The zero-order chi connectivity index (χ0) is 51.0. The van der Waals surface area contributed by atoms with Crippen LogP contribution in [0.2, 0.25) is 0 Å². The fourth-order valence-corrected chi connectivity index (χ4v) is 8.80. The molecule has 2 aliphatic rings. The molecule has 0 aromatic heterocycles. The van der Waals surface area contributed by atoms with Crippen LogP contribution in [0.25, 0.3) is 0 Å². The van der Waals surface area contributed by atoms with E-state index in [1.807, 2.05) is 0 Å². The first kappa shape index (κ1) is 64.1. The van der Waals surface area contributed by atoms with Gasteiger partial charge in [0.2, 0.25) is 0 Å². The van der Waals surface area contributed by atoms with E-state index in [2.05, 4.69) is 38.2 Å². The van der Waals surface area contributed by atoms with Crippen molar-refractivity contribution < 1.29 is 73.8 Å². The van der Waals surface area contributed by atoms with E-state index < -0.39 is 92.7 Å². The highest BCUT2D eigenvalue weighted by molar-refractivity contribution is 5.70. The van der Waals surface area contributed by atoms with E-state index in [4.69, 9.17) is 28.4 Å². The van der Waals surface area contributed by atoms with E-state index in [9.17, 15) is 45.3 Å². The minimum atomic E-state index is -1.77. The lowest BCUT2D eigenvalue weighted by Crippen LogP contribution is -2.61. The predicted molar refractivity (Wildman–Crippen MR) is 271 cm³/mol. The first-order valence-corrected chi connectivity index (χ1v) is 27.9. The number of unbranched alkanes of at least 4 members (excludes halogenated alkanes) is 26. The molecule has 410 valence electrons. The fourth-order valence-electron chi connectivity index (χ4n) is 8.80. The molecule has 2 heterocycles. The van der Waals surface area contributed by atoms with Crippen LogP contribution >= 0.6 is 0 Å². The summed E-state index contributed by atoms with van der Waals surface area (Å²) in [6.07, 6.45) is 27.7. The molecule has 2 saturated heterocycles. The van der Waals surface area contributed by atoms with Gasteiger partial charge in [0.25, 0.3) is 0 Å². The van der Waals surface area contributed by atoms with Gasteiger partial charge in [0.1, 0.15) is 55.4 Å². The number of ether oxygens (including phenoxy) is 6. The molecule has 7 N–H and O–H groups in total. The molecule has 0 aliphatic carbocycles. The van der Waals surface area contributed by atoms with Crippen molar-refractivity contribution in [3.63, 3.8) is 0 Å². The second-order valence-electron chi connectivity index (χ2n) is 19.8. The van der Waals surface area contributed by atoms with Crippen LogP contribution < -0.4 is 0 Å². The van der Waals surface area contributed by atoms with E-state index in [1.165, 1.54) is 109 Å². The molecule has 0 aromatic carbocycles. The highest BCUT2D eigenvalue weighted by atomic mass is 16.7. The first-order chi connectivity index (χ1) is 34.0. The molecule has 15 heteroatoms. The maximum Gasteiger partial charge on any atom is 0.306 e. The number of carbonyl (C=O) groups is 2. The van der Waals surface area contributed by atoms with Crippen LogP contribution in [0.1, 0.15) is 219 Å². The zero-order valence-corrected chi connectivity index (χ0v) is 43.5. The lowest BCUT2D eigenvalue weighted by Gasteiger charge is -2.42. The highest BCUT2D eigenvalue weighted by Crippen LogP contribution is 2.27. The van der Waals surface area contributed by atoms with Crippen molar-refractivity contribution in [1.82, 2.24) is 0 Å². The van der Waals surface area contributed by atoms with Crippen molar-refractivity contribution in [1.29, 1.82) is 0 Å². The van der Waals surface area contributed by atoms with Crippen LogP contribution in [0.4, 0.5) is 0 Å². The number of hydrogen-bond acceptors (Lipinski definition) is 15.